The van der Waals surface area contributed by atoms with Gasteiger partial charge < -0.3 is 0 Å². The molecule has 0 N–H and O–H groups in total. The summed E-state index contributed by atoms with van der Waals surface area (Å²) in [5.74, 6) is 0. The maximum Gasteiger partial charge on any atom is 0.0630 e. The van der Waals surface area contributed by atoms with Crippen LogP contribution in [0.15, 0.2) is 51.9 Å². The minimum Gasteiger partial charge on any atom is -0.256 e. The molecule has 0 aliphatic heterocycles. The van der Waals surface area contributed by atoms with Crippen LogP contribution in [-0.2, 0) is 0 Å². The number of rotatable bonds is 2. The molecule has 86 valence electrons. The van der Waals surface area contributed by atoms with Crippen LogP contribution in [0, 0.1) is 6.92 Å². The van der Waals surface area contributed by atoms with Gasteiger partial charge in [-0.2, -0.15) is 0 Å². The topological polar surface area (TPSA) is 12.4 Å². The Morgan fingerprint density at radius 1 is 1.12 bits per heavy atom. The normalized spacial score (nSPS) is 11.0. The Bertz CT molecular complexity index is 547. The van der Waals surface area contributed by atoms with Crippen LogP contribution < -0.4 is 0 Å². The summed E-state index contributed by atoms with van der Waals surface area (Å²) in [6.07, 6.45) is 1.86. The van der Waals surface area contributed by atoms with Gasteiger partial charge in [-0.3, -0.25) is 4.99 Å². The molecule has 0 aliphatic rings. The van der Waals surface area contributed by atoms with Gasteiger partial charge in [0, 0.05) is 15.7 Å². The molecule has 0 saturated heterocycles. The molecule has 0 aromatic heterocycles. The zero-order valence-corrected chi connectivity index (χ0v) is 11.7. The lowest BCUT2D eigenvalue weighted by atomic mass is 10.1. The summed E-state index contributed by atoms with van der Waals surface area (Å²) in [6, 6.07) is 13.7. The van der Waals surface area contributed by atoms with Gasteiger partial charge in [0.2, 0.25) is 0 Å². The van der Waals surface area contributed by atoms with E-state index >= 15 is 0 Å². The van der Waals surface area contributed by atoms with Gasteiger partial charge in [0.05, 0.1) is 5.69 Å². The smallest absolute Gasteiger partial charge is 0.0630 e. The molecule has 0 atom stereocenters. The second-order valence-corrected chi connectivity index (χ2v) is 5.09. The first-order valence-electron chi connectivity index (χ1n) is 5.21. The zero-order chi connectivity index (χ0) is 12.3. The molecule has 2 rings (SSSR count). The summed E-state index contributed by atoms with van der Waals surface area (Å²) in [5, 5.41) is 0.753. The van der Waals surface area contributed by atoms with Crippen LogP contribution in [0.5, 0.6) is 0 Å². The third kappa shape index (κ3) is 3.42. The monoisotopic (exact) mass is 307 g/mol. The summed E-state index contributed by atoms with van der Waals surface area (Å²) in [6.45, 7) is 2.02. The van der Waals surface area contributed by atoms with Gasteiger partial charge in [-0.1, -0.05) is 33.6 Å². The minimum atomic E-state index is 0.753. The van der Waals surface area contributed by atoms with E-state index in [4.69, 9.17) is 11.6 Å². The van der Waals surface area contributed by atoms with E-state index in [-0.39, 0.29) is 0 Å². The Balaban J connectivity index is 2.23. The highest BCUT2D eigenvalue weighted by Crippen LogP contribution is 2.18. The first-order chi connectivity index (χ1) is 8.15. The van der Waals surface area contributed by atoms with E-state index in [2.05, 4.69) is 20.9 Å². The lowest BCUT2D eigenvalue weighted by Gasteiger charge is -2.00. The second kappa shape index (κ2) is 5.48. The first-order valence-corrected chi connectivity index (χ1v) is 6.38. The quantitative estimate of drug-likeness (QED) is 0.679. The van der Waals surface area contributed by atoms with Crippen molar-refractivity contribution < 1.29 is 0 Å². The Kier molecular flexibility index (Phi) is 3.97. The molecule has 0 radical (unpaired) electrons. The molecule has 0 spiro atoms. The molecule has 1 nitrogen and oxygen atoms in total. The van der Waals surface area contributed by atoms with E-state index in [0.29, 0.717) is 0 Å². The third-order valence-corrected chi connectivity index (χ3v) is 3.17. The number of benzene rings is 2. The van der Waals surface area contributed by atoms with Crippen LogP contribution in [0.25, 0.3) is 0 Å². The lowest BCUT2D eigenvalue weighted by Crippen LogP contribution is -1.85. The number of hydrogen-bond donors (Lipinski definition) is 0. The molecule has 17 heavy (non-hydrogen) atoms. The van der Waals surface area contributed by atoms with Crippen molar-refractivity contribution in [3.63, 3.8) is 0 Å². The second-order valence-electron chi connectivity index (χ2n) is 3.74. The fraction of sp³-hybridized carbons (Fsp3) is 0.0714. The lowest BCUT2D eigenvalue weighted by molar-refractivity contribution is 1.44. The predicted octanol–water partition coefficient (Wildman–Crippen LogP) is 5.16. The van der Waals surface area contributed by atoms with Crippen molar-refractivity contribution in [2.75, 3.05) is 0 Å². The predicted molar refractivity (Wildman–Crippen MR) is 77.6 cm³/mol. The van der Waals surface area contributed by atoms with Crippen LogP contribution >= 0.6 is 27.5 Å². The van der Waals surface area contributed by atoms with Crippen LogP contribution in [0.2, 0.25) is 5.02 Å². The van der Waals surface area contributed by atoms with Gasteiger partial charge in [-0.05, 0) is 54.4 Å². The van der Waals surface area contributed by atoms with Crippen LogP contribution in [0.1, 0.15) is 11.1 Å². The fourth-order valence-corrected chi connectivity index (χ4v) is 1.95. The molecule has 0 saturated carbocycles. The van der Waals surface area contributed by atoms with E-state index in [1.807, 2.05) is 55.6 Å². The molecule has 0 aliphatic carbocycles. The fourth-order valence-electron chi connectivity index (χ4n) is 1.46. The molecule has 2 aromatic carbocycles. The molecule has 3 heteroatoms. The minimum absolute atomic E-state index is 0.753. The van der Waals surface area contributed by atoms with E-state index in [1.165, 1.54) is 0 Å². The summed E-state index contributed by atoms with van der Waals surface area (Å²) in [4.78, 5) is 4.42. The van der Waals surface area contributed by atoms with Crippen molar-refractivity contribution in [2.24, 2.45) is 4.99 Å². The highest BCUT2D eigenvalue weighted by Gasteiger charge is 1.96. The van der Waals surface area contributed by atoms with Crippen LogP contribution in [0.4, 0.5) is 5.69 Å². The van der Waals surface area contributed by atoms with Gasteiger partial charge >= 0.3 is 0 Å². The average Bonchev–Trinajstić information content (AvgIpc) is 2.30. The SMILES string of the molecule is Cc1cc(Cl)ccc1C=Nc1ccc(Br)cc1. The molecule has 0 unspecified atom stereocenters. The Hall–Kier alpha value is -1.12. The molecule has 0 bridgehead atoms. The highest BCUT2D eigenvalue weighted by molar-refractivity contribution is 9.10. The Morgan fingerprint density at radius 3 is 2.47 bits per heavy atom. The van der Waals surface area contributed by atoms with Gasteiger partial charge in [-0.25, -0.2) is 0 Å². The number of hydrogen-bond acceptors (Lipinski definition) is 1. The third-order valence-electron chi connectivity index (χ3n) is 2.41. The molecular weight excluding hydrogens is 298 g/mol. The maximum absolute atomic E-state index is 5.90. The van der Waals surface area contributed by atoms with Gasteiger partial charge in [-0.15, -0.1) is 0 Å². The van der Waals surface area contributed by atoms with Crippen molar-refractivity contribution >= 4 is 39.4 Å². The van der Waals surface area contributed by atoms with Crippen molar-refractivity contribution in [3.05, 3.63) is 63.1 Å². The van der Waals surface area contributed by atoms with Crippen molar-refractivity contribution in [1.82, 2.24) is 0 Å². The van der Waals surface area contributed by atoms with E-state index in [0.717, 1.165) is 26.3 Å². The van der Waals surface area contributed by atoms with Crippen LogP contribution in [0.3, 0.4) is 0 Å². The number of halogens is 2. The maximum atomic E-state index is 5.90. The van der Waals surface area contributed by atoms with Gasteiger partial charge in [0.1, 0.15) is 0 Å². The number of aliphatic imine (C=N–C) groups is 1. The van der Waals surface area contributed by atoms with E-state index < -0.39 is 0 Å². The first kappa shape index (κ1) is 12.3. The van der Waals surface area contributed by atoms with Crippen molar-refractivity contribution in [3.8, 4) is 0 Å². The van der Waals surface area contributed by atoms with Gasteiger partial charge in [0.15, 0.2) is 0 Å². The molecule has 0 amide bonds. The van der Waals surface area contributed by atoms with Crippen molar-refractivity contribution in [1.29, 1.82) is 0 Å². The number of nitrogens with zero attached hydrogens (tertiary/aromatic N) is 1. The summed E-state index contributed by atoms with van der Waals surface area (Å²) >= 11 is 9.30. The van der Waals surface area contributed by atoms with Gasteiger partial charge in [0.25, 0.3) is 0 Å². The molecule has 2 aromatic rings. The summed E-state index contributed by atoms with van der Waals surface area (Å²) < 4.78 is 1.05. The zero-order valence-electron chi connectivity index (χ0n) is 9.32. The van der Waals surface area contributed by atoms with E-state index in [1.54, 1.807) is 0 Å². The Morgan fingerprint density at radius 2 is 1.82 bits per heavy atom. The standard InChI is InChI=1S/C14H11BrClN/c1-10-8-13(16)5-2-11(10)9-17-14-6-3-12(15)4-7-14/h2-9H,1H3. The Labute approximate surface area is 114 Å². The highest BCUT2D eigenvalue weighted by atomic mass is 79.9. The van der Waals surface area contributed by atoms with E-state index in [9.17, 15) is 0 Å². The van der Waals surface area contributed by atoms with Crippen molar-refractivity contribution in [2.45, 2.75) is 6.92 Å². The number of aryl methyl sites for hydroxylation is 1. The molecular formula is C14H11BrClN. The summed E-state index contributed by atoms with van der Waals surface area (Å²) in [7, 11) is 0. The molecule has 0 fully saturated rings. The average molecular weight is 309 g/mol. The largest absolute Gasteiger partial charge is 0.256 e. The molecule has 0 heterocycles. The van der Waals surface area contributed by atoms with Crippen LogP contribution in [-0.4, -0.2) is 6.21 Å². The summed E-state index contributed by atoms with van der Waals surface area (Å²) in [5.41, 5.74) is 3.14.